The van der Waals surface area contributed by atoms with Crippen LogP contribution in [0.1, 0.15) is 12.0 Å². The van der Waals surface area contributed by atoms with Crippen molar-refractivity contribution < 1.29 is 14.5 Å². The lowest BCUT2D eigenvalue weighted by molar-refractivity contribution is -0.385. The Bertz CT molecular complexity index is 637. The summed E-state index contributed by atoms with van der Waals surface area (Å²) in [7, 11) is 1.56. The number of nitro groups is 1. The van der Waals surface area contributed by atoms with Crippen LogP contribution in [0.25, 0.3) is 6.08 Å². The number of ether oxygens (including phenoxy) is 1. The van der Waals surface area contributed by atoms with Crippen LogP contribution < -0.4 is 5.32 Å². The predicted octanol–water partition coefficient (Wildman–Crippen LogP) is 2.42. The first-order valence-corrected chi connectivity index (χ1v) is 7.11. The molecule has 0 aliphatic carbocycles. The van der Waals surface area contributed by atoms with E-state index in [-0.39, 0.29) is 11.3 Å². The molecule has 0 saturated carbocycles. The van der Waals surface area contributed by atoms with Gasteiger partial charge in [-0.25, -0.2) is 0 Å². The van der Waals surface area contributed by atoms with Gasteiger partial charge in [-0.05, 0) is 40.1 Å². The van der Waals surface area contributed by atoms with E-state index in [0.717, 1.165) is 0 Å². The Morgan fingerprint density at radius 1 is 1.59 bits per heavy atom. The van der Waals surface area contributed by atoms with Crippen molar-refractivity contribution >= 4 is 33.6 Å². The first-order valence-electron chi connectivity index (χ1n) is 6.32. The van der Waals surface area contributed by atoms with Gasteiger partial charge in [0.15, 0.2) is 0 Å². The summed E-state index contributed by atoms with van der Waals surface area (Å²) < 4.78 is 5.18. The number of nitrogens with zero attached hydrogens (tertiary/aromatic N) is 2. The molecule has 0 aromatic heterocycles. The van der Waals surface area contributed by atoms with E-state index < -0.39 is 10.8 Å². The molecule has 0 heterocycles. The standard InChI is InChI=1S/C14H14BrN3O4/c1-22-6-2-5-17-14(19)11(9-16)7-10-3-4-12(15)13(8-10)18(20)21/h3-4,7-8H,2,5-6H2,1H3,(H,17,19)/b11-7+. The number of carbonyl (C=O) groups excluding carboxylic acids is 1. The Morgan fingerprint density at radius 2 is 2.32 bits per heavy atom. The monoisotopic (exact) mass is 367 g/mol. The highest BCUT2D eigenvalue weighted by Gasteiger charge is 2.13. The molecule has 0 radical (unpaired) electrons. The van der Waals surface area contributed by atoms with Crippen molar-refractivity contribution in [1.82, 2.24) is 5.32 Å². The van der Waals surface area contributed by atoms with Crippen LogP contribution in [0, 0.1) is 21.4 Å². The van der Waals surface area contributed by atoms with Gasteiger partial charge in [-0.3, -0.25) is 14.9 Å². The summed E-state index contributed by atoms with van der Waals surface area (Å²) in [5, 5.41) is 22.5. The summed E-state index contributed by atoms with van der Waals surface area (Å²) in [4.78, 5) is 22.2. The first kappa shape index (κ1) is 17.8. The molecule has 0 unspecified atom stereocenters. The quantitative estimate of drug-likeness (QED) is 0.262. The number of halogens is 1. The average Bonchev–Trinajstić information content (AvgIpc) is 2.50. The minimum Gasteiger partial charge on any atom is -0.385 e. The minimum absolute atomic E-state index is 0.117. The second-order valence-electron chi connectivity index (χ2n) is 4.24. The van der Waals surface area contributed by atoms with Gasteiger partial charge >= 0.3 is 0 Å². The van der Waals surface area contributed by atoms with Crippen molar-refractivity contribution in [2.45, 2.75) is 6.42 Å². The smallest absolute Gasteiger partial charge is 0.284 e. The second kappa shape index (κ2) is 8.92. The molecule has 22 heavy (non-hydrogen) atoms. The Hall–Kier alpha value is -2.24. The Morgan fingerprint density at radius 3 is 2.91 bits per heavy atom. The molecule has 1 N–H and O–H groups in total. The fourth-order valence-electron chi connectivity index (χ4n) is 1.59. The lowest BCUT2D eigenvalue weighted by Crippen LogP contribution is -2.26. The first-order chi connectivity index (χ1) is 10.5. The number of rotatable bonds is 7. The van der Waals surface area contributed by atoms with E-state index in [0.29, 0.717) is 29.6 Å². The number of methoxy groups -OCH3 is 1. The molecule has 116 valence electrons. The maximum absolute atomic E-state index is 11.8. The normalized spacial score (nSPS) is 10.9. The minimum atomic E-state index is -0.543. The van der Waals surface area contributed by atoms with Crippen molar-refractivity contribution in [1.29, 1.82) is 5.26 Å². The maximum atomic E-state index is 11.8. The van der Waals surface area contributed by atoms with Crippen molar-refractivity contribution in [3.63, 3.8) is 0 Å². The van der Waals surface area contributed by atoms with Gasteiger partial charge in [0.2, 0.25) is 0 Å². The van der Waals surface area contributed by atoms with Crippen molar-refractivity contribution in [3.05, 3.63) is 43.9 Å². The van der Waals surface area contributed by atoms with Crippen LogP contribution in [0.2, 0.25) is 0 Å². The molecule has 0 spiro atoms. The maximum Gasteiger partial charge on any atom is 0.284 e. The average molecular weight is 368 g/mol. The van der Waals surface area contributed by atoms with Crippen molar-refractivity contribution in [2.24, 2.45) is 0 Å². The number of carbonyl (C=O) groups is 1. The third-order valence-electron chi connectivity index (χ3n) is 2.65. The number of hydrogen-bond donors (Lipinski definition) is 1. The third-order valence-corrected chi connectivity index (χ3v) is 3.32. The van der Waals surface area contributed by atoms with Crippen molar-refractivity contribution in [3.8, 4) is 6.07 Å². The van der Waals surface area contributed by atoms with Gasteiger partial charge in [-0.15, -0.1) is 0 Å². The number of nitrogens with one attached hydrogen (secondary N) is 1. The molecule has 0 fully saturated rings. The Balaban J connectivity index is 2.88. The number of amides is 1. The fraction of sp³-hybridized carbons (Fsp3) is 0.286. The van der Waals surface area contributed by atoms with Gasteiger partial charge in [-0.1, -0.05) is 6.07 Å². The highest BCUT2D eigenvalue weighted by atomic mass is 79.9. The van der Waals surface area contributed by atoms with Gasteiger partial charge in [-0.2, -0.15) is 5.26 Å². The van der Waals surface area contributed by atoms with E-state index in [1.807, 2.05) is 0 Å². The molecule has 1 rings (SSSR count). The van der Waals surface area contributed by atoms with Crippen LogP contribution in [-0.2, 0) is 9.53 Å². The van der Waals surface area contributed by atoms with Gasteiger partial charge in [0, 0.05) is 26.3 Å². The Kier molecular flexibility index (Phi) is 7.22. The molecule has 8 heteroatoms. The van der Waals surface area contributed by atoms with E-state index in [4.69, 9.17) is 10.00 Å². The molecule has 1 amide bonds. The summed E-state index contributed by atoms with van der Waals surface area (Å²) in [6.07, 6.45) is 1.94. The summed E-state index contributed by atoms with van der Waals surface area (Å²) >= 11 is 3.07. The van der Waals surface area contributed by atoms with Gasteiger partial charge in [0.1, 0.15) is 11.6 Å². The summed E-state index contributed by atoms with van der Waals surface area (Å²) in [6.45, 7) is 0.886. The SMILES string of the molecule is COCCCNC(=O)/C(C#N)=C/c1ccc(Br)c([N+](=O)[O-])c1. The van der Waals surface area contributed by atoms with E-state index in [1.165, 1.54) is 18.2 Å². The summed E-state index contributed by atoms with van der Waals surface area (Å²) in [6, 6.07) is 6.15. The van der Waals surface area contributed by atoms with Gasteiger partial charge in [0.25, 0.3) is 11.6 Å². The van der Waals surface area contributed by atoms with Crippen LogP contribution in [-0.4, -0.2) is 31.1 Å². The van der Waals surface area contributed by atoms with E-state index in [1.54, 1.807) is 19.2 Å². The molecule has 0 bridgehead atoms. The van der Waals surface area contributed by atoms with Crippen LogP contribution >= 0.6 is 15.9 Å². The molecule has 1 aromatic carbocycles. The van der Waals surface area contributed by atoms with E-state index >= 15 is 0 Å². The largest absolute Gasteiger partial charge is 0.385 e. The van der Waals surface area contributed by atoms with Gasteiger partial charge < -0.3 is 10.1 Å². The van der Waals surface area contributed by atoms with Crippen LogP contribution in [0.3, 0.4) is 0 Å². The van der Waals surface area contributed by atoms with Crippen molar-refractivity contribution in [2.75, 3.05) is 20.3 Å². The molecule has 1 aromatic rings. The molecular formula is C14H14BrN3O4. The molecule has 0 aliphatic heterocycles. The zero-order valence-corrected chi connectivity index (χ0v) is 13.4. The van der Waals surface area contributed by atoms with E-state index in [2.05, 4.69) is 21.2 Å². The number of nitriles is 1. The lowest BCUT2D eigenvalue weighted by Gasteiger charge is -2.04. The zero-order valence-electron chi connectivity index (χ0n) is 11.8. The van der Waals surface area contributed by atoms with Crippen LogP contribution in [0.15, 0.2) is 28.2 Å². The fourth-order valence-corrected chi connectivity index (χ4v) is 1.98. The highest BCUT2D eigenvalue weighted by Crippen LogP contribution is 2.26. The van der Waals surface area contributed by atoms with Gasteiger partial charge in [0.05, 0.1) is 9.40 Å². The number of benzene rings is 1. The Labute approximate surface area is 135 Å². The molecule has 0 aliphatic rings. The molecule has 0 atom stereocenters. The lowest BCUT2D eigenvalue weighted by atomic mass is 10.1. The molecule has 0 saturated heterocycles. The van der Waals surface area contributed by atoms with Crippen LogP contribution in [0.4, 0.5) is 5.69 Å². The third kappa shape index (κ3) is 5.27. The molecule has 7 nitrogen and oxygen atoms in total. The van der Waals surface area contributed by atoms with Crippen LogP contribution in [0.5, 0.6) is 0 Å². The number of hydrogen-bond acceptors (Lipinski definition) is 5. The second-order valence-corrected chi connectivity index (χ2v) is 5.09. The zero-order chi connectivity index (χ0) is 16.5. The summed E-state index contributed by atoms with van der Waals surface area (Å²) in [5.41, 5.74) is 0.152. The predicted molar refractivity (Wildman–Crippen MR) is 83.9 cm³/mol. The van der Waals surface area contributed by atoms with E-state index in [9.17, 15) is 14.9 Å². The topological polar surface area (TPSA) is 105 Å². The summed E-state index contributed by atoms with van der Waals surface area (Å²) in [5.74, 6) is -0.524. The highest BCUT2D eigenvalue weighted by molar-refractivity contribution is 9.10. The number of nitro benzene ring substituents is 1. The molecular weight excluding hydrogens is 354 g/mol.